The SMILES string of the molecule is CCC(C)c1cccc2occc12. The lowest BCUT2D eigenvalue weighted by Crippen LogP contribution is -1.90. The van der Waals surface area contributed by atoms with Crippen LogP contribution in [0.15, 0.2) is 34.9 Å². The molecule has 0 amide bonds. The van der Waals surface area contributed by atoms with Gasteiger partial charge in [0.25, 0.3) is 0 Å². The van der Waals surface area contributed by atoms with Gasteiger partial charge in [-0.15, -0.1) is 0 Å². The number of rotatable bonds is 2. The van der Waals surface area contributed by atoms with E-state index in [1.807, 2.05) is 6.07 Å². The lowest BCUT2D eigenvalue weighted by Gasteiger charge is -2.09. The second-order valence-electron chi connectivity index (χ2n) is 3.49. The van der Waals surface area contributed by atoms with Crippen molar-refractivity contribution in [3.8, 4) is 0 Å². The first-order valence-corrected chi connectivity index (χ1v) is 4.79. The Bertz CT molecular complexity index is 400. The molecule has 0 saturated heterocycles. The average Bonchev–Trinajstić information content (AvgIpc) is 2.63. The summed E-state index contributed by atoms with van der Waals surface area (Å²) in [7, 11) is 0. The molecule has 0 aliphatic heterocycles. The van der Waals surface area contributed by atoms with Crippen LogP contribution in [0, 0.1) is 0 Å². The molecule has 68 valence electrons. The normalized spacial score (nSPS) is 13.4. The van der Waals surface area contributed by atoms with E-state index in [1.54, 1.807) is 6.26 Å². The van der Waals surface area contributed by atoms with E-state index in [0.717, 1.165) is 5.58 Å². The van der Waals surface area contributed by atoms with E-state index >= 15 is 0 Å². The predicted molar refractivity (Wildman–Crippen MR) is 54.9 cm³/mol. The molecule has 0 aliphatic carbocycles. The summed E-state index contributed by atoms with van der Waals surface area (Å²) >= 11 is 0. The highest BCUT2D eigenvalue weighted by Crippen LogP contribution is 2.27. The standard InChI is InChI=1S/C12H14O/c1-3-9(2)10-5-4-6-12-11(10)7-8-13-12/h4-9H,3H2,1-2H3. The molecule has 1 nitrogen and oxygen atoms in total. The smallest absolute Gasteiger partial charge is 0.134 e. The van der Waals surface area contributed by atoms with Crippen molar-refractivity contribution >= 4 is 11.0 Å². The van der Waals surface area contributed by atoms with Crippen molar-refractivity contribution in [3.05, 3.63) is 36.1 Å². The minimum absolute atomic E-state index is 0.612. The first kappa shape index (κ1) is 8.36. The molecule has 2 rings (SSSR count). The molecule has 0 bridgehead atoms. The van der Waals surface area contributed by atoms with Crippen molar-refractivity contribution in [2.45, 2.75) is 26.2 Å². The first-order valence-electron chi connectivity index (χ1n) is 4.79. The monoisotopic (exact) mass is 174 g/mol. The Balaban J connectivity index is 2.60. The van der Waals surface area contributed by atoms with Gasteiger partial charge in [0.15, 0.2) is 0 Å². The highest BCUT2D eigenvalue weighted by atomic mass is 16.3. The Morgan fingerprint density at radius 2 is 2.15 bits per heavy atom. The quantitative estimate of drug-likeness (QED) is 0.672. The molecule has 0 N–H and O–H groups in total. The van der Waals surface area contributed by atoms with Crippen LogP contribution in [0.2, 0.25) is 0 Å². The summed E-state index contributed by atoms with van der Waals surface area (Å²) in [4.78, 5) is 0. The second-order valence-corrected chi connectivity index (χ2v) is 3.49. The third kappa shape index (κ3) is 1.35. The van der Waals surface area contributed by atoms with Gasteiger partial charge in [-0.2, -0.15) is 0 Å². The van der Waals surface area contributed by atoms with Gasteiger partial charge in [0.1, 0.15) is 5.58 Å². The largest absolute Gasteiger partial charge is 0.464 e. The second kappa shape index (κ2) is 3.25. The minimum Gasteiger partial charge on any atom is -0.464 e. The number of hydrogen-bond acceptors (Lipinski definition) is 1. The third-order valence-electron chi connectivity index (χ3n) is 2.67. The molecule has 0 spiro atoms. The van der Waals surface area contributed by atoms with Crippen LogP contribution in [-0.2, 0) is 0 Å². The molecule has 1 heterocycles. The van der Waals surface area contributed by atoms with E-state index in [1.165, 1.54) is 17.4 Å². The van der Waals surface area contributed by atoms with Crippen LogP contribution in [0.3, 0.4) is 0 Å². The molecule has 0 aliphatic rings. The molecule has 0 fully saturated rings. The van der Waals surface area contributed by atoms with Crippen LogP contribution < -0.4 is 0 Å². The molecule has 2 aromatic rings. The van der Waals surface area contributed by atoms with Gasteiger partial charge in [0.2, 0.25) is 0 Å². The van der Waals surface area contributed by atoms with Crippen molar-refractivity contribution in [3.63, 3.8) is 0 Å². The van der Waals surface area contributed by atoms with Gasteiger partial charge in [0.05, 0.1) is 6.26 Å². The fraction of sp³-hybridized carbons (Fsp3) is 0.333. The fourth-order valence-corrected chi connectivity index (χ4v) is 1.67. The van der Waals surface area contributed by atoms with Gasteiger partial charge >= 0.3 is 0 Å². The van der Waals surface area contributed by atoms with Crippen LogP contribution >= 0.6 is 0 Å². The molecular formula is C12H14O. The highest BCUT2D eigenvalue weighted by Gasteiger charge is 2.08. The van der Waals surface area contributed by atoms with E-state index in [-0.39, 0.29) is 0 Å². The van der Waals surface area contributed by atoms with E-state index < -0.39 is 0 Å². The molecule has 1 atom stereocenters. The summed E-state index contributed by atoms with van der Waals surface area (Å²) < 4.78 is 5.35. The van der Waals surface area contributed by atoms with Crippen LogP contribution in [0.25, 0.3) is 11.0 Å². The molecule has 1 aromatic heterocycles. The van der Waals surface area contributed by atoms with Gasteiger partial charge in [-0.25, -0.2) is 0 Å². The summed E-state index contributed by atoms with van der Waals surface area (Å²) in [6.45, 7) is 4.46. The Hall–Kier alpha value is -1.24. The number of furan rings is 1. The zero-order chi connectivity index (χ0) is 9.26. The van der Waals surface area contributed by atoms with Crippen LogP contribution in [0.5, 0.6) is 0 Å². The van der Waals surface area contributed by atoms with Crippen LogP contribution in [0.1, 0.15) is 31.7 Å². The molecular weight excluding hydrogens is 160 g/mol. The third-order valence-corrected chi connectivity index (χ3v) is 2.67. The van der Waals surface area contributed by atoms with E-state index in [4.69, 9.17) is 4.42 Å². The Kier molecular flexibility index (Phi) is 2.09. The summed E-state index contributed by atoms with van der Waals surface area (Å²) in [5.74, 6) is 0.612. The van der Waals surface area contributed by atoms with Gasteiger partial charge in [-0.1, -0.05) is 26.0 Å². The predicted octanol–water partition coefficient (Wildman–Crippen LogP) is 3.95. The number of hydrogen-bond donors (Lipinski definition) is 0. The van der Waals surface area contributed by atoms with Gasteiger partial charge in [0, 0.05) is 5.39 Å². The Morgan fingerprint density at radius 1 is 1.31 bits per heavy atom. The lowest BCUT2D eigenvalue weighted by molar-refractivity contribution is 0.615. The molecule has 13 heavy (non-hydrogen) atoms. The fourth-order valence-electron chi connectivity index (χ4n) is 1.67. The topological polar surface area (TPSA) is 13.1 Å². The summed E-state index contributed by atoms with van der Waals surface area (Å²) in [5.41, 5.74) is 2.39. The number of benzene rings is 1. The van der Waals surface area contributed by atoms with Crippen LogP contribution in [0.4, 0.5) is 0 Å². The maximum absolute atomic E-state index is 5.35. The minimum atomic E-state index is 0.612. The first-order chi connectivity index (χ1) is 6.33. The molecule has 0 saturated carbocycles. The van der Waals surface area contributed by atoms with Crippen molar-refractivity contribution < 1.29 is 4.42 Å². The highest BCUT2D eigenvalue weighted by molar-refractivity contribution is 5.81. The van der Waals surface area contributed by atoms with Gasteiger partial charge in [-0.3, -0.25) is 0 Å². The van der Waals surface area contributed by atoms with E-state index in [0.29, 0.717) is 5.92 Å². The molecule has 1 heteroatoms. The van der Waals surface area contributed by atoms with Crippen LogP contribution in [-0.4, -0.2) is 0 Å². The Morgan fingerprint density at radius 3 is 2.92 bits per heavy atom. The summed E-state index contributed by atoms with van der Waals surface area (Å²) in [6, 6.07) is 8.32. The maximum Gasteiger partial charge on any atom is 0.134 e. The zero-order valence-electron chi connectivity index (χ0n) is 8.08. The zero-order valence-corrected chi connectivity index (χ0v) is 8.08. The average molecular weight is 174 g/mol. The van der Waals surface area contributed by atoms with Crippen molar-refractivity contribution in [1.82, 2.24) is 0 Å². The summed E-state index contributed by atoms with van der Waals surface area (Å²) in [5, 5.41) is 1.26. The van der Waals surface area contributed by atoms with Crippen molar-refractivity contribution in [2.75, 3.05) is 0 Å². The maximum atomic E-state index is 5.35. The van der Waals surface area contributed by atoms with Crippen molar-refractivity contribution in [2.24, 2.45) is 0 Å². The molecule has 0 radical (unpaired) electrons. The Labute approximate surface area is 78.4 Å². The summed E-state index contributed by atoms with van der Waals surface area (Å²) in [6.07, 6.45) is 2.93. The van der Waals surface area contributed by atoms with E-state index in [2.05, 4.69) is 32.0 Å². The lowest BCUT2D eigenvalue weighted by atomic mass is 9.96. The molecule has 1 unspecified atom stereocenters. The van der Waals surface area contributed by atoms with Gasteiger partial charge < -0.3 is 4.42 Å². The van der Waals surface area contributed by atoms with Gasteiger partial charge in [-0.05, 0) is 30.0 Å². The van der Waals surface area contributed by atoms with Crippen molar-refractivity contribution in [1.29, 1.82) is 0 Å². The number of fused-ring (bicyclic) bond motifs is 1. The molecule has 1 aromatic carbocycles. The van der Waals surface area contributed by atoms with E-state index in [9.17, 15) is 0 Å².